The number of aliphatic hydroxyl groups is 1. The first-order valence-corrected chi connectivity index (χ1v) is 30.0. The van der Waals surface area contributed by atoms with E-state index in [0.717, 1.165) is 135 Å². The van der Waals surface area contributed by atoms with E-state index in [1.54, 1.807) is 0 Å². The summed E-state index contributed by atoms with van der Waals surface area (Å²) in [4.78, 5) is 48.4. The number of carbonyl (C=O) groups excluding carboxylic acids is 3. The van der Waals surface area contributed by atoms with E-state index in [1.807, 2.05) is 0 Å². The molecule has 0 aromatic carbocycles. The lowest BCUT2D eigenvalue weighted by atomic mass is 10.1. The Balaban J connectivity index is 4.76. The highest BCUT2D eigenvalue weighted by Crippen LogP contribution is 2.43. The summed E-state index contributed by atoms with van der Waals surface area (Å²) in [6.45, 7) is 4.37. The highest BCUT2D eigenvalue weighted by Gasteiger charge is 2.28. The minimum Gasteiger partial charge on any atom is -0.462 e. The zero-order chi connectivity index (χ0) is 52.7. The number of rotatable bonds is 52. The highest BCUT2D eigenvalue weighted by atomic mass is 31.2. The number of esters is 3. The molecule has 0 aliphatic heterocycles. The summed E-state index contributed by atoms with van der Waals surface area (Å²) < 4.78 is 39.4. The fourth-order valence-electron chi connectivity index (χ4n) is 7.54. The van der Waals surface area contributed by atoms with Crippen LogP contribution < -0.4 is 0 Å². The van der Waals surface area contributed by atoms with Gasteiger partial charge in [0.1, 0.15) is 12.7 Å². The molecular weight excluding hydrogens is 928 g/mol. The van der Waals surface area contributed by atoms with Gasteiger partial charge in [-0.25, -0.2) is 4.57 Å². The number of hydrogen-bond acceptors (Lipinski definition) is 10. The van der Waals surface area contributed by atoms with Crippen LogP contribution in [0.3, 0.4) is 0 Å². The molecule has 12 heteroatoms. The molecule has 0 heterocycles. The third-order valence-electron chi connectivity index (χ3n) is 11.8. The second-order valence-corrected chi connectivity index (χ2v) is 20.1. The summed E-state index contributed by atoms with van der Waals surface area (Å²) in [6, 6.07) is 0. The average Bonchev–Trinajstić information content (AvgIpc) is 3.37. The van der Waals surface area contributed by atoms with Gasteiger partial charge in [-0.05, 0) is 89.9 Å². The molecule has 11 nitrogen and oxygen atoms in total. The fraction of sp³-hybridized carbons (Fsp3) is 0.717. The predicted molar refractivity (Wildman–Crippen MR) is 298 cm³/mol. The molecule has 0 aliphatic carbocycles. The van der Waals surface area contributed by atoms with Crippen LogP contribution in [-0.4, -0.2) is 66.5 Å². The minimum atomic E-state index is -4.75. The van der Waals surface area contributed by atoms with Crippen LogP contribution in [0.1, 0.15) is 239 Å². The van der Waals surface area contributed by atoms with Gasteiger partial charge in [0, 0.05) is 19.3 Å². The molecule has 0 spiro atoms. The lowest BCUT2D eigenvalue weighted by Crippen LogP contribution is -2.30. The summed E-state index contributed by atoms with van der Waals surface area (Å²) >= 11 is 0. The maximum Gasteiger partial charge on any atom is 0.472 e. The van der Waals surface area contributed by atoms with Crippen molar-refractivity contribution < 1.29 is 52.2 Å². The Labute approximate surface area is 439 Å². The zero-order valence-electron chi connectivity index (χ0n) is 45.6. The Bertz CT molecular complexity index is 1530. The van der Waals surface area contributed by atoms with E-state index < -0.39 is 57.8 Å². The summed E-state index contributed by atoms with van der Waals surface area (Å²) in [5.41, 5.74) is 0. The molecule has 0 aliphatic rings. The van der Waals surface area contributed by atoms with Crippen LogP contribution in [0.15, 0.2) is 85.1 Å². The van der Waals surface area contributed by atoms with Crippen LogP contribution in [-0.2, 0) is 42.2 Å². The molecule has 0 saturated heterocycles. The van der Waals surface area contributed by atoms with Gasteiger partial charge in [-0.2, -0.15) is 0 Å². The second kappa shape index (κ2) is 53.9. The first-order valence-electron chi connectivity index (χ1n) is 28.5. The maximum absolute atomic E-state index is 12.9. The zero-order valence-corrected chi connectivity index (χ0v) is 46.5. The molecule has 0 rings (SSSR count). The minimum absolute atomic E-state index is 0.147. The number of allylic oxidation sites excluding steroid dienone is 14. The van der Waals surface area contributed by atoms with E-state index in [1.165, 1.54) is 44.9 Å². The summed E-state index contributed by atoms with van der Waals surface area (Å²) in [5.74, 6) is -1.49. The maximum atomic E-state index is 12.9. The number of carbonyl (C=O) groups is 3. The van der Waals surface area contributed by atoms with Crippen molar-refractivity contribution in [3.05, 3.63) is 85.1 Å². The number of phosphoric acid groups is 1. The summed E-state index contributed by atoms with van der Waals surface area (Å²) in [7, 11) is -4.75. The number of unbranched alkanes of at least 4 members (excludes halogenated alkanes) is 21. The van der Waals surface area contributed by atoms with Gasteiger partial charge in [-0.3, -0.25) is 23.4 Å². The van der Waals surface area contributed by atoms with Crippen molar-refractivity contribution in [2.24, 2.45) is 0 Å². The summed E-state index contributed by atoms with van der Waals surface area (Å²) in [6.07, 6.45) is 61.2. The first kappa shape index (κ1) is 68.7. The molecule has 72 heavy (non-hydrogen) atoms. The van der Waals surface area contributed by atoms with Gasteiger partial charge in [0.05, 0.1) is 19.8 Å². The Hall–Kier alpha value is -3.34. The van der Waals surface area contributed by atoms with E-state index in [9.17, 15) is 28.9 Å². The fourth-order valence-corrected chi connectivity index (χ4v) is 8.32. The second-order valence-electron chi connectivity index (χ2n) is 18.7. The van der Waals surface area contributed by atoms with E-state index in [0.29, 0.717) is 19.3 Å². The molecule has 0 radical (unpaired) electrons. The molecule has 0 amide bonds. The Morgan fingerprint density at radius 2 is 0.722 bits per heavy atom. The normalized spacial score (nSPS) is 14.0. The van der Waals surface area contributed by atoms with Crippen LogP contribution in [0.25, 0.3) is 0 Å². The van der Waals surface area contributed by atoms with Crippen molar-refractivity contribution in [2.75, 3.05) is 26.4 Å². The van der Waals surface area contributed by atoms with Gasteiger partial charge in [0.25, 0.3) is 0 Å². The van der Waals surface area contributed by atoms with E-state index in [4.69, 9.17) is 23.3 Å². The lowest BCUT2D eigenvalue weighted by Gasteiger charge is -2.21. The van der Waals surface area contributed by atoms with E-state index in [2.05, 4.69) is 106 Å². The van der Waals surface area contributed by atoms with Crippen LogP contribution in [0, 0.1) is 0 Å². The number of ether oxygens (including phenoxy) is 3. The third-order valence-corrected chi connectivity index (χ3v) is 12.8. The van der Waals surface area contributed by atoms with Crippen molar-refractivity contribution >= 4 is 25.7 Å². The van der Waals surface area contributed by atoms with Crippen molar-refractivity contribution in [3.8, 4) is 0 Å². The standard InChI is InChI=1S/C60H103O11P/c1-4-7-10-13-16-19-21-23-25-27-28-30-32-34-36-39-42-45-48-51-60(64)71-57(53-67-58(62)49-46-43-40-38-35-33-31-29-26-24-22-20-17-14-11-8-5-2)55-69-72(65,66)68-54-56(52-61)70-59(63)50-47-44-41-37-18-15-12-9-6-3/h7-8,10-11,16-17,19-20,23-26,28,30,56-57,61H,4-6,9,12-15,18,21-22,27,29,31-55H2,1-3H3,(H,65,66)/b10-7-,11-8-,19-16-,20-17-,25-23-,26-24-,30-28-. The SMILES string of the molecule is CC/C=C\C/C=C\C/C=C\C/C=C\CCCCCCCCC(=O)OC(COC(=O)CCCCCCCCC/C=C\C/C=C\C/C=C\CC)COP(=O)(O)OCC(CO)OC(=O)CCCCCCCCCCC. The molecule has 0 aromatic heterocycles. The van der Waals surface area contributed by atoms with Crippen LogP contribution in [0.2, 0.25) is 0 Å². The van der Waals surface area contributed by atoms with Gasteiger partial charge >= 0.3 is 25.7 Å². The number of phosphoric ester groups is 1. The van der Waals surface area contributed by atoms with Crippen molar-refractivity contribution in [1.29, 1.82) is 0 Å². The van der Waals surface area contributed by atoms with Gasteiger partial charge in [-0.1, -0.05) is 215 Å². The van der Waals surface area contributed by atoms with Gasteiger partial charge in [0.2, 0.25) is 0 Å². The average molecular weight is 1030 g/mol. The summed E-state index contributed by atoms with van der Waals surface area (Å²) in [5, 5.41) is 9.77. The monoisotopic (exact) mass is 1030 g/mol. The molecule has 3 unspecified atom stereocenters. The topological polar surface area (TPSA) is 155 Å². The van der Waals surface area contributed by atoms with E-state index >= 15 is 0 Å². The van der Waals surface area contributed by atoms with Gasteiger partial charge in [-0.15, -0.1) is 0 Å². The molecule has 0 saturated carbocycles. The number of aliphatic hydroxyl groups excluding tert-OH is 1. The third kappa shape index (κ3) is 51.6. The molecule has 414 valence electrons. The predicted octanol–water partition coefficient (Wildman–Crippen LogP) is 16.7. The molecular formula is C60H103O11P. The Morgan fingerprint density at radius 1 is 0.403 bits per heavy atom. The molecule has 3 atom stereocenters. The quantitative estimate of drug-likeness (QED) is 0.0197. The largest absolute Gasteiger partial charge is 0.472 e. The highest BCUT2D eigenvalue weighted by molar-refractivity contribution is 7.47. The van der Waals surface area contributed by atoms with Crippen molar-refractivity contribution in [1.82, 2.24) is 0 Å². The van der Waals surface area contributed by atoms with Crippen LogP contribution >= 0.6 is 7.82 Å². The Morgan fingerprint density at radius 3 is 1.11 bits per heavy atom. The van der Waals surface area contributed by atoms with Gasteiger partial charge in [0.15, 0.2) is 6.10 Å². The van der Waals surface area contributed by atoms with Gasteiger partial charge < -0.3 is 24.2 Å². The number of hydrogen-bond donors (Lipinski definition) is 2. The first-order chi connectivity index (χ1) is 35.2. The smallest absolute Gasteiger partial charge is 0.462 e. The Kier molecular flexibility index (Phi) is 51.4. The molecule has 0 aromatic rings. The van der Waals surface area contributed by atoms with E-state index in [-0.39, 0.29) is 25.9 Å². The molecule has 2 N–H and O–H groups in total. The van der Waals surface area contributed by atoms with Crippen molar-refractivity contribution in [3.63, 3.8) is 0 Å². The van der Waals surface area contributed by atoms with Crippen LogP contribution in [0.5, 0.6) is 0 Å². The molecule has 0 fully saturated rings. The molecule has 0 bridgehead atoms. The van der Waals surface area contributed by atoms with Crippen LogP contribution in [0.4, 0.5) is 0 Å². The van der Waals surface area contributed by atoms with Crippen molar-refractivity contribution in [2.45, 2.75) is 251 Å². The lowest BCUT2D eigenvalue weighted by molar-refractivity contribution is -0.161.